The number of benzene rings is 1. The topological polar surface area (TPSA) is 49.8 Å². The summed E-state index contributed by atoms with van der Waals surface area (Å²) in [5.41, 5.74) is 1.22. The summed E-state index contributed by atoms with van der Waals surface area (Å²) in [5.74, 6) is 1.77. The number of ether oxygens (including phenoxy) is 1. The van der Waals surface area contributed by atoms with Crippen molar-refractivity contribution in [3.8, 4) is 5.75 Å². The molecule has 2 rings (SSSR count). The highest BCUT2D eigenvalue weighted by Crippen LogP contribution is 2.18. The van der Waals surface area contributed by atoms with Crippen LogP contribution in [0.4, 0.5) is 0 Å². The van der Waals surface area contributed by atoms with E-state index < -0.39 is 0 Å². The van der Waals surface area contributed by atoms with E-state index in [4.69, 9.17) is 4.74 Å². The highest BCUT2D eigenvalue weighted by Gasteiger charge is 2.08. The van der Waals surface area contributed by atoms with Gasteiger partial charge in [-0.1, -0.05) is 25.1 Å². The molecule has 0 spiro atoms. The third-order valence-corrected chi connectivity index (χ3v) is 4.98. The predicted molar refractivity (Wildman–Crippen MR) is 121 cm³/mol. The Kier molecular flexibility index (Phi) is 10.6. The molecule has 26 heavy (non-hydrogen) atoms. The Labute approximate surface area is 177 Å². The van der Waals surface area contributed by atoms with Crippen molar-refractivity contribution in [2.45, 2.75) is 26.7 Å². The van der Waals surface area contributed by atoms with E-state index in [2.05, 4.69) is 34.0 Å². The normalized spacial score (nSPS) is 11.0. The number of likely N-dealkylation sites (N-methyl/N-ethyl adjacent to an activating group) is 1. The molecule has 1 aromatic heterocycles. The van der Waals surface area contributed by atoms with Crippen LogP contribution in [0.2, 0.25) is 0 Å². The van der Waals surface area contributed by atoms with Gasteiger partial charge in [0, 0.05) is 31.9 Å². The fourth-order valence-electron chi connectivity index (χ4n) is 2.51. The molecule has 0 atom stereocenters. The van der Waals surface area contributed by atoms with Gasteiger partial charge < -0.3 is 15.0 Å². The summed E-state index contributed by atoms with van der Waals surface area (Å²) in [4.78, 5) is 12.4. The van der Waals surface area contributed by atoms with Crippen molar-refractivity contribution < 1.29 is 4.74 Å². The fourth-order valence-corrected chi connectivity index (χ4v) is 3.53. The highest BCUT2D eigenvalue weighted by atomic mass is 127. The minimum atomic E-state index is 0. The third kappa shape index (κ3) is 7.11. The van der Waals surface area contributed by atoms with Crippen LogP contribution < -0.4 is 10.1 Å². The van der Waals surface area contributed by atoms with Crippen LogP contribution in [-0.2, 0) is 12.8 Å². The molecular formula is C19H29IN4OS. The monoisotopic (exact) mass is 488 g/mol. The quantitative estimate of drug-likeness (QED) is 0.349. The molecule has 1 heterocycles. The Balaban J connectivity index is 0.00000338. The van der Waals surface area contributed by atoms with Crippen molar-refractivity contribution in [1.82, 2.24) is 15.2 Å². The van der Waals surface area contributed by atoms with Crippen LogP contribution >= 0.6 is 35.3 Å². The second kappa shape index (κ2) is 12.1. The molecule has 0 radical (unpaired) electrons. The first-order valence-corrected chi connectivity index (χ1v) is 9.50. The largest absolute Gasteiger partial charge is 0.492 e. The zero-order chi connectivity index (χ0) is 18.1. The van der Waals surface area contributed by atoms with Gasteiger partial charge in [0.2, 0.25) is 0 Å². The Hall–Kier alpha value is -1.35. The van der Waals surface area contributed by atoms with Crippen LogP contribution in [-0.4, -0.2) is 49.6 Å². The molecule has 0 aliphatic heterocycles. The van der Waals surface area contributed by atoms with E-state index >= 15 is 0 Å². The Bertz CT molecular complexity index is 675. The summed E-state index contributed by atoms with van der Waals surface area (Å²) >= 11 is 1.79. The molecule has 2 aromatic rings. The van der Waals surface area contributed by atoms with Crippen LogP contribution in [0.5, 0.6) is 5.75 Å². The number of nitrogens with one attached hydrogen (secondary N) is 1. The number of aliphatic imine (C=N–C) groups is 1. The lowest BCUT2D eigenvalue weighted by Crippen LogP contribution is -2.41. The van der Waals surface area contributed by atoms with Gasteiger partial charge in [0.05, 0.1) is 17.2 Å². The number of aryl methyl sites for hydroxylation is 2. The summed E-state index contributed by atoms with van der Waals surface area (Å²) in [6, 6.07) is 9.87. The van der Waals surface area contributed by atoms with E-state index in [1.807, 2.05) is 37.4 Å². The van der Waals surface area contributed by atoms with Gasteiger partial charge in [-0.05, 0) is 25.5 Å². The Morgan fingerprint density at radius 2 is 2.04 bits per heavy atom. The standard InChI is InChI=1S/C19H28N4OS.HI/c1-5-17-15(2)25-18(22-17)11-12-21-19(20-3)23(4)13-14-24-16-9-7-6-8-10-16;/h6-10H,5,11-14H2,1-4H3,(H,20,21);1H. The molecule has 5 nitrogen and oxygen atoms in total. The molecule has 0 aliphatic carbocycles. The van der Waals surface area contributed by atoms with Gasteiger partial charge in [0.15, 0.2) is 5.96 Å². The van der Waals surface area contributed by atoms with Gasteiger partial charge in [0.25, 0.3) is 0 Å². The van der Waals surface area contributed by atoms with Crippen molar-refractivity contribution in [3.05, 3.63) is 45.9 Å². The van der Waals surface area contributed by atoms with Crippen LogP contribution in [0.25, 0.3) is 0 Å². The van der Waals surface area contributed by atoms with Crippen LogP contribution in [0.3, 0.4) is 0 Å². The molecule has 0 bridgehead atoms. The number of nitrogens with zero attached hydrogens (tertiary/aromatic N) is 3. The molecule has 0 saturated carbocycles. The number of halogens is 1. The molecule has 0 unspecified atom stereocenters. The second-order valence-electron chi connectivity index (χ2n) is 5.77. The summed E-state index contributed by atoms with van der Waals surface area (Å²) in [6.07, 6.45) is 1.92. The van der Waals surface area contributed by atoms with Crippen molar-refractivity contribution in [3.63, 3.8) is 0 Å². The first-order chi connectivity index (χ1) is 12.1. The van der Waals surface area contributed by atoms with Crippen molar-refractivity contribution in [2.75, 3.05) is 33.8 Å². The number of aromatic nitrogens is 1. The molecule has 0 amide bonds. The third-order valence-electron chi connectivity index (χ3n) is 3.91. The summed E-state index contributed by atoms with van der Waals surface area (Å²) < 4.78 is 5.74. The van der Waals surface area contributed by atoms with Crippen LogP contribution in [0, 0.1) is 6.92 Å². The summed E-state index contributed by atoms with van der Waals surface area (Å²) in [7, 11) is 3.83. The van der Waals surface area contributed by atoms with Crippen molar-refractivity contribution in [1.29, 1.82) is 0 Å². The Morgan fingerprint density at radius 3 is 2.65 bits per heavy atom. The van der Waals surface area contributed by atoms with Gasteiger partial charge in [-0.15, -0.1) is 35.3 Å². The molecule has 7 heteroatoms. The van der Waals surface area contributed by atoms with E-state index in [9.17, 15) is 0 Å². The van der Waals surface area contributed by atoms with Crippen LogP contribution in [0.15, 0.2) is 35.3 Å². The first-order valence-electron chi connectivity index (χ1n) is 8.68. The van der Waals surface area contributed by atoms with Gasteiger partial charge in [-0.3, -0.25) is 4.99 Å². The molecule has 1 N–H and O–H groups in total. The smallest absolute Gasteiger partial charge is 0.193 e. The lowest BCUT2D eigenvalue weighted by Gasteiger charge is -2.22. The molecular weight excluding hydrogens is 459 g/mol. The molecule has 0 fully saturated rings. The number of thiazole rings is 1. The maximum Gasteiger partial charge on any atom is 0.193 e. The first kappa shape index (κ1) is 22.7. The van der Waals surface area contributed by atoms with E-state index in [0.29, 0.717) is 6.61 Å². The van der Waals surface area contributed by atoms with Gasteiger partial charge >= 0.3 is 0 Å². The lowest BCUT2D eigenvalue weighted by molar-refractivity contribution is 0.281. The lowest BCUT2D eigenvalue weighted by atomic mass is 10.3. The number of hydrogen-bond donors (Lipinski definition) is 1. The van der Waals surface area contributed by atoms with Crippen molar-refractivity contribution >= 4 is 41.3 Å². The van der Waals surface area contributed by atoms with E-state index in [0.717, 1.165) is 37.6 Å². The van der Waals surface area contributed by atoms with Gasteiger partial charge in [-0.25, -0.2) is 4.98 Å². The number of guanidine groups is 1. The maximum atomic E-state index is 5.74. The highest BCUT2D eigenvalue weighted by molar-refractivity contribution is 14.0. The zero-order valence-corrected chi connectivity index (χ0v) is 19.1. The number of hydrogen-bond acceptors (Lipinski definition) is 4. The predicted octanol–water partition coefficient (Wildman–Crippen LogP) is 3.76. The molecule has 144 valence electrons. The van der Waals surface area contributed by atoms with Crippen LogP contribution in [0.1, 0.15) is 22.5 Å². The second-order valence-corrected chi connectivity index (χ2v) is 7.06. The van der Waals surface area contributed by atoms with Crippen molar-refractivity contribution in [2.24, 2.45) is 4.99 Å². The fraction of sp³-hybridized carbons (Fsp3) is 0.474. The van der Waals surface area contributed by atoms with E-state index in [1.165, 1.54) is 15.6 Å². The summed E-state index contributed by atoms with van der Waals surface area (Å²) in [6.45, 7) is 6.51. The zero-order valence-electron chi connectivity index (χ0n) is 16.0. The SMILES string of the molecule is CCc1nc(CCNC(=NC)N(C)CCOc2ccccc2)sc1C.I. The summed E-state index contributed by atoms with van der Waals surface area (Å²) in [5, 5.41) is 4.59. The number of rotatable bonds is 8. The van der Waals surface area contributed by atoms with E-state index in [1.54, 1.807) is 18.4 Å². The average molecular weight is 488 g/mol. The molecule has 0 saturated heterocycles. The minimum Gasteiger partial charge on any atom is -0.492 e. The average Bonchev–Trinajstić information content (AvgIpc) is 2.99. The van der Waals surface area contributed by atoms with Gasteiger partial charge in [0.1, 0.15) is 12.4 Å². The van der Waals surface area contributed by atoms with Gasteiger partial charge in [-0.2, -0.15) is 0 Å². The molecule has 1 aromatic carbocycles. The Morgan fingerprint density at radius 1 is 1.31 bits per heavy atom. The minimum absolute atomic E-state index is 0. The maximum absolute atomic E-state index is 5.74. The van der Waals surface area contributed by atoms with E-state index in [-0.39, 0.29) is 24.0 Å². The number of para-hydroxylation sites is 1. The molecule has 0 aliphatic rings.